The highest BCUT2D eigenvalue weighted by atomic mass is 79.9. The van der Waals surface area contributed by atoms with Crippen LogP contribution in [-0.2, 0) is 0 Å². The van der Waals surface area contributed by atoms with Crippen LogP contribution in [0.5, 0.6) is 0 Å². The first kappa shape index (κ1) is 8.20. The molecule has 0 aliphatic carbocycles. The molecule has 1 rings (SSSR count). The van der Waals surface area contributed by atoms with Gasteiger partial charge in [-0.05, 0) is 6.92 Å². The third-order valence-electron chi connectivity index (χ3n) is 1.30. The van der Waals surface area contributed by atoms with Crippen LogP contribution in [0.2, 0.25) is 0 Å². The Hall–Kier alpha value is -0.900. The van der Waals surface area contributed by atoms with E-state index in [1.807, 2.05) is 13.0 Å². The Labute approximate surface area is 72.6 Å². The summed E-state index contributed by atoms with van der Waals surface area (Å²) in [6.07, 6.45) is 4.21. The van der Waals surface area contributed by atoms with Crippen LogP contribution in [0.4, 0.5) is 0 Å². The number of carbonyl (C=O) groups is 1. The number of allylic oxidation sites excluding steroid dienone is 1. The fourth-order valence-electron chi connectivity index (χ4n) is 0.732. The SMILES string of the molecule is C/C=C(/Br)c1cn[nH]c1C=O. The molecule has 0 spiro atoms. The first-order chi connectivity index (χ1) is 5.29. The van der Waals surface area contributed by atoms with Crippen molar-refractivity contribution >= 4 is 26.7 Å². The maximum Gasteiger partial charge on any atom is 0.168 e. The van der Waals surface area contributed by atoms with Gasteiger partial charge in [0.25, 0.3) is 0 Å². The van der Waals surface area contributed by atoms with Crippen molar-refractivity contribution in [3.05, 3.63) is 23.5 Å². The number of carbonyl (C=O) groups excluding carboxylic acids is 1. The smallest absolute Gasteiger partial charge is 0.168 e. The van der Waals surface area contributed by atoms with E-state index in [1.165, 1.54) is 0 Å². The number of aldehydes is 1. The largest absolute Gasteiger partial charge is 0.296 e. The van der Waals surface area contributed by atoms with Crippen LogP contribution >= 0.6 is 15.9 Å². The van der Waals surface area contributed by atoms with Crippen molar-refractivity contribution < 1.29 is 4.79 Å². The Morgan fingerprint density at radius 1 is 1.82 bits per heavy atom. The van der Waals surface area contributed by atoms with E-state index in [9.17, 15) is 4.79 Å². The molecule has 0 radical (unpaired) electrons. The molecule has 4 heteroatoms. The number of hydrogen-bond donors (Lipinski definition) is 1. The first-order valence-electron chi connectivity index (χ1n) is 3.10. The van der Waals surface area contributed by atoms with Crippen molar-refractivity contribution in [2.75, 3.05) is 0 Å². The van der Waals surface area contributed by atoms with Crippen LogP contribution in [0.25, 0.3) is 4.48 Å². The molecule has 1 aromatic rings. The minimum atomic E-state index is 0.495. The number of hydrogen-bond acceptors (Lipinski definition) is 2. The molecule has 1 N–H and O–H groups in total. The second kappa shape index (κ2) is 3.48. The number of halogens is 1. The van der Waals surface area contributed by atoms with Gasteiger partial charge in [0.15, 0.2) is 6.29 Å². The van der Waals surface area contributed by atoms with Gasteiger partial charge < -0.3 is 0 Å². The summed E-state index contributed by atoms with van der Waals surface area (Å²) < 4.78 is 0.869. The third-order valence-corrected chi connectivity index (χ3v) is 2.18. The monoisotopic (exact) mass is 214 g/mol. The Balaban J connectivity index is 3.12. The highest BCUT2D eigenvalue weighted by molar-refractivity contribution is 9.15. The molecule has 0 bridgehead atoms. The summed E-state index contributed by atoms with van der Waals surface area (Å²) in [4.78, 5) is 10.4. The molecular formula is C7H7BrN2O. The average Bonchev–Trinajstić information content (AvgIpc) is 2.50. The number of nitrogens with one attached hydrogen (secondary N) is 1. The highest BCUT2D eigenvalue weighted by Gasteiger charge is 2.04. The van der Waals surface area contributed by atoms with Gasteiger partial charge in [-0.25, -0.2) is 0 Å². The molecule has 0 atom stereocenters. The van der Waals surface area contributed by atoms with Gasteiger partial charge in [-0.1, -0.05) is 22.0 Å². The quantitative estimate of drug-likeness (QED) is 0.766. The summed E-state index contributed by atoms with van der Waals surface area (Å²) in [6, 6.07) is 0. The van der Waals surface area contributed by atoms with Crippen molar-refractivity contribution in [2.24, 2.45) is 0 Å². The lowest BCUT2D eigenvalue weighted by Gasteiger charge is -1.91. The molecule has 11 heavy (non-hydrogen) atoms. The van der Waals surface area contributed by atoms with Gasteiger partial charge in [0.1, 0.15) is 5.69 Å². The molecule has 0 fully saturated rings. The maximum absolute atomic E-state index is 10.4. The number of nitrogens with zero attached hydrogens (tertiary/aromatic N) is 1. The van der Waals surface area contributed by atoms with Gasteiger partial charge in [0.05, 0.1) is 6.20 Å². The van der Waals surface area contributed by atoms with Crippen LogP contribution in [-0.4, -0.2) is 16.5 Å². The summed E-state index contributed by atoms with van der Waals surface area (Å²) in [7, 11) is 0. The molecule has 58 valence electrons. The Bertz CT molecular complexity index is 290. The van der Waals surface area contributed by atoms with Crippen molar-refractivity contribution in [1.29, 1.82) is 0 Å². The van der Waals surface area contributed by atoms with E-state index in [-0.39, 0.29) is 0 Å². The van der Waals surface area contributed by atoms with Crippen molar-refractivity contribution in [3.63, 3.8) is 0 Å². The molecule has 3 nitrogen and oxygen atoms in total. The molecule has 1 heterocycles. The predicted molar refractivity (Wildman–Crippen MR) is 46.6 cm³/mol. The average molecular weight is 215 g/mol. The Kier molecular flexibility index (Phi) is 2.59. The van der Waals surface area contributed by atoms with Crippen LogP contribution in [0.15, 0.2) is 12.3 Å². The number of rotatable bonds is 2. The normalized spacial score (nSPS) is 11.6. The third kappa shape index (κ3) is 1.57. The van der Waals surface area contributed by atoms with Crippen molar-refractivity contribution in [3.8, 4) is 0 Å². The summed E-state index contributed by atoms with van der Waals surface area (Å²) in [5, 5.41) is 6.32. The molecule has 0 aliphatic heterocycles. The Morgan fingerprint density at radius 3 is 3.09 bits per heavy atom. The van der Waals surface area contributed by atoms with Crippen LogP contribution in [0.3, 0.4) is 0 Å². The second-order valence-electron chi connectivity index (χ2n) is 1.95. The predicted octanol–water partition coefficient (Wildman–Crippen LogP) is 1.98. The zero-order valence-electron chi connectivity index (χ0n) is 5.97. The van der Waals surface area contributed by atoms with E-state index in [0.717, 1.165) is 16.3 Å². The lowest BCUT2D eigenvalue weighted by molar-refractivity contribution is 0.111. The van der Waals surface area contributed by atoms with E-state index in [4.69, 9.17) is 0 Å². The van der Waals surface area contributed by atoms with Gasteiger partial charge in [0, 0.05) is 10.0 Å². The van der Waals surface area contributed by atoms with E-state index in [0.29, 0.717) is 5.69 Å². The summed E-state index contributed by atoms with van der Waals surface area (Å²) >= 11 is 3.30. The van der Waals surface area contributed by atoms with E-state index >= 15 is 0 Å². The lowest BCUT2D eigenvalue weighted by Crippen LogP contribution is -1.83. The number of aromatic amines is 1. The summed E-state index contributed by atoms with van der Waals surface area (Å²) in [5.41, 5.74) is 1.29. The lowest BCUT2D eigenvalue weighted by atomic mass is 10.2. The molecule has 0 unspecified atom stereocenters. The second-order valence-corrected chi connectivity index (χ2v) is 2.81. The molecule has 0 saturated heterocycles. The zero-order chi connectivity index (χ0) is 8.27. The molecule has 0 amide bonds. The first-order valence-corrected chi connectivity index (χ1v) is 3.89. The highest BCUT2D eigenvalue weighted by Crippen LogP contribution is 2.21. The Morgan fingerprint density at radius 2 is 2.55 bits per heavy atom. The van der Waals surface area contributed by atoms with Gasteiger partial charge >= 0.3 is 0 Å². The zero-order valence-corrected chi connectivity index (χ0v) is 7.55. The number of aromatic nitrogens is 2. The minimum Gasteiger partial charge on any atom is -0.296 e. The van der Waals surface area contributed by atoms with Crippen LogP contribution in [0, 0.1) is 0 Å². The fourth-order valence-corrected chi connectivity index (χ4v) is 1.05. The topological polar surface area (TPSA) is 45.8 Å². The van der Waals surface area contributed by atoms with Crippen molar-refractivity contribution in [1.82, 2.24) is 10.2 Å². The van der Waals surface area contributed by atoms with Crippen LogP contribution < -0.4 is 0 Å². The van der Waals surface area contributed by atoms with E-state index in [1.54, 1.807) is 6.20 Å². The van der Waals surface area contributed by atoms with Crippen LogP contribution in [0.1, 0.15) is 23.0 Å². The van der Waals surface area contributed by atoms with E-state index in [2.05, 4.69) is 26.1 Å². The fraction of sp³-hybridized carbons (Fsp3) is 0.143. The summed E-state index contributed by atoms with van der Waals surface area (Å²) in [6.45, 7) is 1.88. The van der Waals surface area contributed by atoms with Gasteiger partial charge in [0.2, 0.25) is 0 Å². The minimum absolute atomic E-state index is 0.495. The molecule has 1 aromatic heterocycles. The standard InChI is InChI=1S/C7H7BrN2O/c1-2-6(8)5-3-9-10-7(5)4-11/h2-4H,1H3,(H,9,10)/b6-2+. The maximum atomic E-state index is 10.4. The van der Waals surface area contributed by atoms with Crippen molar-refractivity contribution in [2.45, 2.75) is 6.92 Å². The number of H-pyrrole nitrogens is 1. The van der Waals surface area contributed by atoms with Gasteiger partial charge in [-0.2, -0.15) is 5.10 Å². The van der Waals surface area contributed by atoms with Gasteiger partial charge in [-0.15, -0.1) is 0 Å². The molecular weight excluding hydrogens is 208 g/mol. The van der Waals surface area contributed by atoms with E-state index < -0.39 is 0 Å². The molecule has 0 aromatic carbocycles. The summed E-state index contributed by atoms with van der Waals surface area (Å²) in [5.74, 6) is 0. The molecule has 0 saturated carbocycles. The van der Waals surface area contributed by atoms with Gasteiger partial charge in [-0.3, -0.25) is 9.89 Å². The molecule has 0 aliphatic rings.